The fraction of sp³-hybridized carbons (Fsp3) is 0.238. The van der Waals surface area contributed by atoms with Crippen LogP contribution >= 0.6 is 11.8 Å². The third kappa shape index (κ3) is 3.88. The molecule has 1 aliphatic heterocycles. The standard InChI is InChI=1S/C21H20FNO2S/c1-21(2,3)16-10-8-14(9-11-16)12-18-19(24)23(20(25)26-18)13-15-6-4-5-7-17(15)22/h4-12H,13H2,1-3H3/b18-12-. The fourth-order valence-corrected chi connectivity index (χ4v) is 3.50. The molecule has 2 amide bonds. The van der Waals surface area contributed by atoms with Crippen LogP contribution < -0.4 is 0 Å². The zero-order valence-corrected chi connectivity index (χ0v) is 15.8. The summed E-state index contributed by atoms with van der Waals surface area (Å²) in [5, 5.41) is -0.379. The first-order valence-electron chi connectivity index (χ1n) is 8.35. The van der Waals surface area contributed by atoms with Gasteiger partial charge in [0.2, 0.25) is 0 Å². The van der Waals surface area contributed by atoms with Crippen molar-refractivity contribution >= 4 is 29.0 Å². The third-order valence-electron chi connectivity index (χ3n) is 4.23. The summed E-state index contributed by atoms with van der Waals surface area (Å²) in [6, 6.07) is 14.1. The van der Waals surface area contributed by atoms with Crippen LogP contribution in [0.2, 0.25) is 0 Å². The molecule has 134 valence electrons. The quantitative estimate of drug-likeness (QED) is 0.684. The first kappa shape index (κ1) is 18.4. The molecule has 1 aliphatic rings. The number of thioether (sulfide) groups is 1. The molecule has 2 aromatic carbocycles. The molecule has 3 nitrogen and oxygen atoms in total. The number of rotatable bonds is 3. The Morgan fingerprint density at radius 3 is 2.31 bits per heavy atom. The SMILES string of the molecule is CC(C)(C)c1ccc(/C=C2\SC(=O)N(Cc3ccccc3F)C2=O)cc1. The summed E-state index contributed by atoms with van der Waals surface area (Å²) in [7, 11) is 0. The van der Waals surface area contributed by atoms with Crippen LogP contribution in [0.25, 0.3) is 6.08 Å². The highest BCUT2D eigenvalue weighted by molar-refractivity contribution is 8.18. The lowest BCUT2D eigenvalue weighted by molar-refractivity contribution is -0.123. The highest BCUT2D eigenvalue weighted by Crippen LogP contribution is 2.34. The smallest absolute Gasteiger partial charge is 0.268 e. The maximum atomic E-state index is 13.8. The Morgan fingerprint density at radius 2 is 1.69 bits per heavy atom. The van der Waals surface area contributed by atoms with Crippen molar-refractivity contribution < 1.29 is 14.0 Å². The molecule has 1 fully saturated rings. The van der Waals surface area contributed by atoms with Crippen LogP contribution in [-0.4, -0.2) is 16.0 Å². The molecule has 5 heteroatoms. The van der Waals surface area contributed by atoms with Crippen LogP contribution in [0.4, 0.5) is 9.18 Å². The number of hydrogen-bond acceptors (Lipinski definition) is 3. The molecule has 1 heterocycles. The van der Waals surface area contributed by atoms with Gasteiger partial charge in [0.05, 0.1) is 11.4 Å². The lowest BCUT2D eigenvalue weighted by Crippen LogP contribution is -2.27. The van der Waals surface area contributed by atoms with E-state index in [1.807, 2.05) is 24.3 Å². The van der Waals surface area contributed by atoms with Crippen molar-refractivity contribution in [2.75, 3.05) is 0 Å². The molecule has 0 radical (unpaired) electrons. The molecule has 0 unspecified atom stereocenters. The lowest BCUT2D eigenvalue weighted by Gasteiger charge is -2.18. The van der Waals surface area contributed by atoms with Gasteiger partial charge in [-0.2, -0.15) is 0 Å². The van der Waals surface area contributed by atoms with E-state index in [2.05, 4.69) is 20.8 Å². The average Bonchev–Trinajstić information content (AvgIpc) is 2.84. The molecule has 0 aliphatic carbocycles. The highest BCUT2D eigenvalue weighted by atomic mass is 32.2. The minimum atomic E-state index is -0.423. The Hall–Kier alpha value is -2.40. The summed E-state index contributed by atoms with van der Waals surface area (Å²) in [5.41, 5.74) is 2.43. The predicted molar refractivity (Wildman–Crippen MR) is 103 cm³/mol. The second-order valence-corrected chi connectivity index (χ2v) is 8.22. The Labute approximate surface area is 156 Å². The lowest BCUT2D eigenvalue weighted by atomic mass is 9.87. The van der Waals surface area contributed by atoms with Gasteiger partial charge in [0.1, 0.15) is 5.82 Å². The zero-order chi connectivity index (χ0) is 18.9. The minimum Gasteiger partial charge on any atom is -0.268 e. The second-order valence-electron chi connectivity index (χ2n) is 7.23. The van der Waals surface area contributed by atoms with E-state index < -0.39 is 5.82 Å². The van der Waals surface area contributed by atoms with Crippen molar-refractivity contribution in [3.05, 3.63) is 75.9 Å². The van der Waals surface area contributed by atoms with Crippen LogP contribution in [0.3, 0.4) is 0 Å². The molecule has 0 spiro atoms. The Bertz CT molecular complexity index is 882. The van der Waals surface area contributed by atoms with Gasteiger partial charge in [-0.15, -0.1) is 0 Å². The van der Waals surface area contributed by atoms with Gasteiger partial charge in [0.15, 0.2) is 0 Å². The van der Waals surface area contributed by atoms with E-state index in [0.29, 0.717) is 10.5 Å². The summed E-state index contributed by atoms with van der Waals surface area (Å²) in [5.74, 6) is -0.809. The summed E-state index contributed by atoms with van der Waals surface area (Å²) in [6.07, 6.45) is 1.71. The Kier molecular flexibility index (Phi) is 5.01. The first-order chi connectivity index (χ1) is 12.3. The van der Waals surface area contributed by atoms with E-state index in [1.165, 1.54) is 11.6 Å². The predicted octanol–water partition coefficient (Wildman–Crippen LogP) is 5.36. The summed E-state index contributed by atoms with van der Waals surface area (Å²) in [6.45, 7) is 6.35. The monoisotopic (exact) mass is 369 g/mol. The number of nitrogens with zero attached hydrogens (tertiary/aromatic N) is 1. The van der Waals surface area contributed by atoms with Crippen molar-refractivity contribution in [3.8, 4) is 0 Å². The van der Waals surface area contributed by atoms with Crippen molar-refractivity contribution in [2.45, 2.75) is 32.7 Å². The van der Waals surface area contributed by atoms with Crippen molar-refractivity contribution in [3.63, 3.8) is 0 Å². The molecule has 2 aromatic rings. The van der Waals surface area contributed by atoms with Gasteiger partial charge < -0.3 is 0 Å². The topological polar surface area (TPSA) is 37.4 Å². The van der Waals surface area contributed by atoms with E-state index in [0.717, 1.165) is 22.2 Å². The maximum Gasteiger partial charge on any atom is 0.293 e. The molecule has 1 saturated heterocycles. The maximum absolute atomic E-state index is 13.8. The minimum absolute atomic E-state index is 0.0517. The summed E-state index contributed by atoms with van der Waals surface area (Å²) in [4.78, 5) is 26.2. The second kappa shape index (κ2) is 7.08. The van der Waals surface area contributed by atoms with Gasteiger partial charge >= 0.3 is 0 Å². The largest absolute Gasteiger partial charge is 0.293 e. The zero-order valence-electron chi connectivity index (χ0n) is 15.0. The van der Waals surface area contributed by atoms with Crippen LogP contribution in [0.5, 0.6) is 0 Å². The van der Waals surface area contributed by atoms with E-state index in [9.17, 15) is 14.0 Å². The van der Waals surface area contributed by atoms with Crippen molar-refractivity contribution in [1.29, 1.82) is 0 Å². The van der Waals surface area contributed by atoms with E-state index >= 15 is 0 Å². The number of hydrogen-bond donors (Lipinski definition) is 0. The molecule has 0 N–H and O–H groups in total. The summed E-state index contributed by atoms with van der Waals surface area (Å²) < 4.78 is 13.8. The molecular weight excluding hydrogens is 349 g/mol. The van der Waals surface area contributed by atoms with Gasteiger partial charge in [-0.3, -0.25) is 14.5 Å². The number of carbonyl (C=O) groups is 2. The molecule has 3 rings (SSSR count). The van der Waals surface area contributed by atoms with Gasteiger partial charge in [-0.25, -0.2) is 4.39 Å². The first-order valence-corrected chi connectivity index (χ1v) is 9.17. The van der Waals surface area contributed by atoms with E-state index in [4.69, 9.17) is 0 Å². The molecule has 0 atom stereocenters. The number of amides is 2. The number of halogens is 1. The van der Waals surface area contributed by atoms with Gasteiger partial charge in [0, 0.05) is 5.56 Å². The van der Waals surface area contributed by atoms with Crippen LogP contribution in [0, 0.1) is 5.82 Å². The molecule has 0 aromatic heterocycles. The van der Waals surface area contributed by atoms with Gasteiger partial charge in [-0.05, 0) is 40.4 Å². The summed E-state index contributed by atoms with van der Waals surface area (Å²) >= 11 is 0.888. The van der Waals surface area contributed by atoms with E-state index in [-0.39, 0.29) is 23.1 Å². The third-order valence-corrected chi connectivity index (χ3v) is 5.14. The fourth-order valence-electron chi connectivity index (χ4n) is 2.66. The normalized spacial score (nSPS) is 16.6. The number of benzene rings is 2. The molecule has 26 heavy (non-hydrogen) atoms. The number of imide groups is 1. The highest BCUT2D eigenvalue weighted by Gasteiger charge is 2.35. The molecular formula is C21H20FNO2S. The number of carbonyl (C=O) groups excluding carboxylic acids is 2. The van der Waals surface area contributed by atoms with Crippen LogP contribution in [-0.2, 0) is 16.8 Å². The van der Waals surface area contributed by atoms with Gasteiger partial charge in [0.25, 0.3) is 11.1 Å². The molecule has 0 saturated carbocycles. The van der Waals surface area contributed by atoms with Crippen molar-refractivity contribution in [1.82, 2.24) is 4.90 Å². The molecule has 0 bridgehead atoms. The van der Waals surface area contributed by atoms with E-state index in [1.54, 1.807) is 24.3 Å². The van der Waals surface area contributed by atoms with Gasteiger partial charge in [-0.1, -0.05) is 63.2 Å². The van der Waals surface area contributed by atoms with Crippen LogP contribution in [0.1, 0.15) is 37.5 Å². The Balaban J connectivity index is 1.80. The Morgan fingerprint density at radius 1 is 1.04 bits per heavy atom. The van der Waals surface area contributed by atoms with Crippen LogP contribution in [0.15, 0.2) is 53.4 Å². The van der Waals surface area contributed by atoms with Crippen molar-refractivity contribution in [2.24, 2.45) is 0 Å². The average molecular weight is 369 g/mol.